The summed E-state index contributed by atoms with van der Waals surface area (Å²) in [6.45, 7) is 4.22. The van der Waals surface area contributed by atoms with Crippen LogP contribution in [0, 0.1) is 12.8 Å². The van der Waals surface area contributed by atoms with Crippen LogP contribution in [0.15, 0.2) is 0 Å². The average Bonchev–Trinajstić information content (AvgIpc) is 2.56. The zero-order chi connectivity index (χ0) is 14.8. The van der Waals surface area contributed by atoms with Crippen molar-refractivity contribution < 1.29 is 5.11 Å². The van der Waals surface area contributed by atoms with E-state index < -0.39 is 5.60 Å². The first-order valence-electron chi connectivity index (χ1n) is 7.85. The molecule has 1 N–H and O–H groups in total. The number of hydrogen-bond donors (Lipinski definition) is 1. The Labute approximate surface area is 127 Å². The molecule has 0 aliphatic heterocycles. The molecule has 20 heavy (non-hydrogen) atoms. The van der Waals surface area contributed by atoms with Gasteiger partial charge in [-0.2, -0.15) is 5.10 Å². The molecule has 0 aromatic carbocycles. The standard InChI is InChI=1S/C16H27ClN2O/c1-4-6-13-7-5-9-16(20,10-8-13)11-14-12(2)18-19(3)15(14)17/h13,20H,4-11H2,1-3H3. The fraction of sp³-hybridized carbons (Fsp3) is 0.812. The van der Waals surface area contributed by atoms with Gasteiger partial charge in [0, 0.05) is 19.0 Å². The molecule has 0 radical (unpaired) electrons. The van der Waals surface area contributed by atoms with E-state index in [1.54, 1.807) is 4.68 Å². The fourth-order valence-electron chi connectivity index (χ4n) is 3.54. The van der Waals surface area contributed by atoms with Crippen LogP contribution in [-0.4, -0.2) is 20.5 Å². The van der Waals surface area contributed by atoms with Gasteiger partial charge in [-0.05, 0) is 32.1 Å². The lowest BCUT2D eigenvalue weighted by molar-refractivity contribution is 0.0240. The van der Waals surface area contributed by atoms with Crippen LogP contribution in [0.5, 0.6) is 0 Å². The highest BCUT2D eigenvalue weighted by Crippen LogP contribution is 2.36. The fourth-order valence-corrected chi connectivity index (χ4v) is 3.78. The first-order valence-corrected chi connectivity index (χ1v) is 8.23. The van der Waals surface area contributed by atoms with Gasteiger partial charge in [-0.1, -0.05) is 44.2 Å². The molecule has 0 saturated heterocycles. The van der Waals surface area contributed by atoms with Crippen LogP contribution in [0.25, 0.3) is 0 Å². The molecule has 2 atom stereocenters. The molecular weight excluding hydrogens is 272 g/mol. The lowest BCUT2D eigenvalue weighted by atomic mass is 9.87. The highest BCUT2D eigenvalue weighted by molar-refractivity contribution is 6.30. The first-order chi connectivity index (χ1) is 9.45. The normalized spacial score (nSPS) is 27.6. The van der Waals surface area contributed by atoms with Gasteiger partial charge in [0.05, 0.1) is 11.3 Å². The lowest BCUT2D eigenvalue weighted by Gasteiger charge is -2.27. The van der Waals surface area contributed by atoms with E-state index >= 15 is 0 Å². The van der Waals surface area contributed by atoms with Crippen molar-refractivity contribution in [2.75, 3.05) is 0 Å². The Bertz CT molecular complexity index is 458. The second kappa shape index (κ2) is 6.48. The Balaban J connectivity index is 2.07. The van der Waals surface area contributed by atoms with E-state index in [1.165, 1.54) is 19.3 Å². The highest BCUT2D eigenvalue weighted by atomic mass is 35.5. The number of aromatic nitrogens is 2. The smallest absolute Gasteiger partial charge is 0.130 e. The lowest BCUT2D eigenvalue weighted by Crippen LogP contribution is -2.31. The van der Waals surface area contributed by atoms with Crippen LogP contribution in [0.4, 0.5) is 0 Å². The Kier molecular flexibility index (Phi) is 5.14. The summed E-state index contributed by atoms with van der Waals surface area (Å²) in [5.41, 5.74) is 1.37. The molecule has 114 valence electrons. The van der Waals surface area contributed by atoms with Gasteiger partial charge >= 0.3 is 0 Å². The van der Waals surface area contributed by atoms with Crippen molar-refractivity contribution in [2.24, 2.45) is 13.0 Å². The number of rotatable bonds is 4. The minimum atomic E-state index is -0.597. The number of hydrogen-bond acceptors (Lipinski definition) is 2. The third-order valence-corrected chi connectivity index (χ3v) is 5.22. The van der Waals surface area contributed by atoms with Crippen LogP contribution in [0.2, 0.25) is 5.15 Å². The van der Waals surface area contributed by atoms with E-state index in [0.29, 0.717) is 11.6 Å². The van der Waals surface area contributed by atoms with Crippen molar-refractivity contribution in [3.63, 3.8) is 0 Å². The molecule has 1 fully saturated rings. The van der Waals surface area contributed by atoms with E-state index in [9.17, 15) is 5.11 Å². The molecule has 1 aliphatic carbocycles. The van der Waals surface area contributed by atoms with Crippen LogP contribution in [-0.2, 0) is 13.5 Å². The summed E-state index contributed by atoms with van der Waals surface area (Å²) in [5.74, 6) is 0.791. The van der Waals surface area contributed by atoms with Gasteiger partial charge in [0.1, 0.15) is 5.15 Å². The molecule has 0 spiro atoms. The minimum Gasteiger partial charge on any atom is -0.390 e. The molecule has 2 rings (SSSR count). The Hall–Kier alpha value is -0.540. The second-order valence-corrected chi connectivity index (χ2v) is 6.82. The highest BCUT2D eigenvalue weighted by Gasteiger charge is 2.32. The number of aryl methyl sites for hydroxylation is 2. The Morgan fingerprint density at radius 3 is 2.75 bits per heavy atom. The number of aliphatic hydroxyl groups is 1. The van der Waals surface area contributed by atoms with Crippen molar-refractivity contribution in [1.82, 2.24) is 9.78 Å². The van der Waals surface area contributed by atoms with E-state index in [-0.39, 0.29) is 0 Å². The maximum absolute atomic E-state index is 11.0. The summed E-state index contributed by atoms with van der Waals surface area (Å²) < 4.78 is 1.70. The van der Waals surface area contributed by atoms with Gasteiger partial charge in [0.25, 0.3) is 0 Å². The predicted molar refractivity (Wildman–Crippen MR) is 83.1 cm³/mol. The molecule has 0 bridgehead atoms. The predicted octanol–water partition coefficient (Wildman–Crippen LogP) is 4.04. The molecule has 4 heteroatoms. The van der Waals surface area contributed by atoms with Crippen molar-refractivity contribution in [2.45, 2.75) is 70.8 Å². The average molecular weight is 299 g/mol. The van der Waals surface area contributed by atoms with Crippen molar-refractivity contribution >= 4 is 11.6 Å². The zero-order valence-electron chi connectivity index (χ0n) is 13.0. The van der Waals surface area contributed by atoms with E-state index in [4.69, 9.17) is 11.6 Å². The SMILES string of the molecule is CCCC1CCCC(O)(Cc2c(C)nn(C)c2Cl)CC1. The quantitative estimate of drug-likeness (QED) is 0.852. The third-order valence-electron chi connectivity index (χ3n) is 4.75. The summed E-state index contributed by atoms with van der Waals surface area (Å²) >= 11 is 6.30. The van der Waals surface area contributed by atoms with Gasteiger partial charge in [-0.15, -0.1) is 0 Å². The maximum Gasteiger partial charge on any atom is 0.130 e. The maximum atomic E-state index is 11.0. The summed E-state index contributed by atoms with van der Waals surface area (Å²) in [6.07, 6.45) is 8.49. The molecule has 1 heterocycles. The Morgan fingerprint density at radius 1 is 1.40 bits per heavy atom. The molecule has 3 nitrogen and oxygen atoms in total. The molecule has 1 saturated carbocycles. The topological polar surface area (TPSA) is 38.1 Å². The van der Waals surface area contributed by atoms with Gasteiger partial charge in [-0.3, -0.25) is 4.68 Å². The van der Waals surface area contributed by atoms with Crippen LogP contribution >= 0.6 is 11.6 Å². The number of nitrogens with zero attached hydrogens (tertiary/aromatic N) is 2. The van der Waals surface area contributed by atoms with E-state index in [0.717, 1.165) is 42.9 Å². The zero-order valence-corrected chi connectivity index (χ0v) is 13.7. The molecule has 0 amide bonds. The van der Waals surface area contributed by atoms with Gasteiger partial charge in [-0.25, -0.2) is 0 Å². The van der Waals surface area contributed by atoms with Gasteiger partial charge in [0.15, 0.2) is 0 Å². The van der Waals surface area contributed by atoms with Gasteiger partial charge < -0.3 is 5.11 Å². The molecule has 1 aliphatic rings. The van der Waals surface area contributed by atoms with Crippen LogP contribution in [0.1, 0.15) is 63.1 Å². The van der Waals surface area contributed by atoms with Crippen molar-refractivity contribution in [3.8, 4) is 0 Å². The van der Waals surface area contributed by atoms with Crippen molar-refractivity contribution in [3.05, 3.63) is 16.4 Å². The number of halogens is 1. The molecule has 1 aromatic rings. The summed E-state index contributed by atoms with van der Waals surface area (Å²) in [5, 5.41) is 16.0. The second-order valence-electron chi connectivity index (χ2n) is 6.47. The monoisotopic (exact) mass is 298 g/mol. The molecule has 1 aromatic heterocycles. The van der Waals surface area contributed by atoms with Crippen molar-refractivity contribution in [1.29, 1.82) is 0 Å². The van der Waals surface area contributed by atoms with E-state index in [1.807, 2.05) is 14.0 Å². The summed E-state index contributed by atoms with van der Waals surface area (Å²) in [7, 11) is 1.85. The minimum absolute atomic E-state index is 0.597. The third kappa shape index (κ3) is 3.56. The first kappa shape index (κ1) is 15.8. The summed E-state index contributed by atoms with van der Waals surface area (Å²) in [6, 6.07) is 0. The Morgan fingerprint density at radius 2 is 2.15 bits per heavy atom. The van der Waals surface area contributed by atoms with E-state index in [2.05, 4.69) is 12.0 Å². The molecule has 2 unspecified atom stereocenters. The van der Waals surface area contributed by atoms with Gasteiger partial charge in [0.2, 0.25) is 0 Å². The molecular formula is C16H27ClN2O. The summed E-state index contributed by atoms with van der Waals surface area (Å²) in [4.78, 5) is 0. The largest absolute Gasteiger partial charge is 0.390 e. The van der Waals surface area contributed by atoms with Crippen LogP contribution in [0.3, 0.4) is 0 Å². The van der Waals surface area contributed by atoms with Crippen LogP contribution < -0.4 is 0 Å².